The maximum absolute atomic E-state index is 12.5. The number of nitrogens with zero attached hydrogens (tertiary/aromatic N) is 4. The Hall–Kier alpha value is -2.11. The molecule has 2 aromatic heterocycles. The van der Waals surface area contributed by atoms with Gasteiger partial charge in [-0.15, -0.1) is 10.2 Å². The van der Waals surface area contributed by atoms with E-state index in [4.69, 9.17) is 4.42 Å². The monoisotopic (exact) mass is 288 g/mol. The molecule has 21 heavy (non-hydrogen) atoms. The lowest BCUT2D eigenvalue weighted by atomic mass is 9.97. The summed E-state index contributed by atoms with van der Waals surface area (Å²) in [4.78, 5) is 14.4. The van der Waals surface area contributed by atoms with Crippen molar-refractivity contribution in [3.8, 4) is 0 Å². The van der Waals surface area contributed by atoms with Crippen LogP contribution in [-0.2, 0) is 13.5 Å². The van der Waals surface area contributed by atoms with E-state index in [1.165, 1.54) is 0 Å². The van der Waals surface area contributed by atoms with Crippen molar-refractivity contribution < 1.29 is 9.21 Å². The lowest BCUT2D eigenvalue weighted by Crippen LogP contribution is -2.39. The van der Waals surface area contributed by atoms with Crippen molar-refractivity contribution in [3.63, 3.8) is 0 Å². The van der Waals surface area contributed by atoms with Crippen LogP contribution in [0.4, 0.5) is 0 Å². The van der Waals surface area contributed by atoms with E-state index in [2.05, 4.69) is 10.2 Å². The van der Waals surface area contributed by atoms with Gasteiger partial charge in [-0.25, -0.2) is 0 Å². The van der Waals surface area contributed by atoms with Crippen LogP contribution in [0.15, 0.2) is 22.9 Å². The molecule has 0 unspecified atom stereocenters. The number of likely N-dealkylation sites (tertiary alicyclic amines) is 1. The van der Waals surface area contributed by atoms with Gasteiger partial charge in [0.2, 0.25) is 0 Å². The summed E-state index contributed by atoms with van der Waals surface area (Å²) in [5.41, 5.74) is 0. The first-order chi connectivity index (χ1) is 10.2. The van der Waals surface area contributed by atoms with Gasteiger partial charge >= 0.3 is 0 Å². The van der Waals surface area contributed by atoms with Gasteiger partial charge in [0.1, 0.15) is 17.9 Å². The molecule has 0 radical (unpaired) electrons. The summed E-state index contributed by atoms with van der Waals surface area (Å²) in [7, 11) is 1.94. The number of piperidine rings is 1. The zero-order valence-corrected chi connectivity index (χ0v) is 12.5. The minimum absolute atomic E-state index is 0.0263. The standard InChI is InChI=1S/C15H20N4O2/c1-3-12-6-7-13(21-12)15(20)19-8-4-5-11(9-19)14-17-16-10-18(14)2/h6-7,10-11H,3-5,8-9H2,1-2H3/t11-/m1/s1. The molecule has 6 heteroatoms. The van der Waals surface area contributed by atoms with Crippen molar-refractivity contribution in [1.82, 2.24) is 19.7 Å². The van der Waals surface area contributed by atoms with Crippen LogP contribution in [0.2, 0.25) is 0 Å². The zero-order valence-electron chi connectivity index (χ0n) is 12.5. The van der Waals surface area contributed by atoms with Crippen LogP contribution < -0.4 is 0 Å². The van der Waals surface area contributed by atoms with E-state index < -0.39 is 0 Å². The van der Waals surface area contributed by atoms with Gasteiger partial charge in [0.05, 0.1) is 0 Å². The van der Waals surface area contributed by atoms with Gasteiger partial charge in [0.15, 0.2) is 5.76 Å². The van der Waals surface area contributed by atoms with Gasteiger partial charge in [-0.1, -0.05) is 6.92 Å². The number of amides is 1. The van der Waals surface area contributed by atoms with E-state index in [0.29, 0.717) is 12.3 Å². The summed E-state index contributed by atoms with van der Waals surface area (Å²) >= 11 is 0. The van der Waals surface area contributed by atoms with E-state index in [1.54, 1.807) is 12.4 Å². The number of hydrogen-bond donors (Lipinski definition) is 0. The molecule has 0 N–H and O–H groups in total. The highest BCUT2D eigenvalue weighted by Gasteiger charge is 2.29. The number of rotatable bonds is 3. The fraction of sp³-hybridized carbons (Fsp3) is 0.533. The van der Waals surface area contributed by atoms with Gasteiger partial charge in [-0.2, -0.15) is 0 Å². The van der Waals surface area contributed by atoms with Crippen LogP contribution in [0.5, 0.6) is 0 Å². The number of aryl methyl sites for hydroxylation is 2. The van der Waals surface area contributed by atoms with Crippen LogP contribution in [-0.4, -0.2) is 38.7 Å². The average Bonchev–Trinajstić information content (AvgIpc) is 3.15. The Morgan fingerprint density at radius 1 is 1.48 bits per heavy atom. The van der Waals surface area contributed by atoms with Gasteiger partial charge in [-0.3, -0.25) is 4.79 Å². The van der Waals surface area contributed by atoms with Crippen LogP contribution in [0.25, 0.3) is 0 Å². The van der Waals surface area contributed by atoms with Crippen molar-refractivity contribution >= 4 is 5.91 Å². The molecule has 1 aliphatic rings. The first-order valence-corrected chi connectivity index (χ1v) is 7.41. The second-order valence-corrected chi connectivity index (χ2v) is 5.51. The molecular weight excluding hydrogens is 268 g/mol. The van der Waals surface area contributed by atoms with Gasteiger partial charge in [-0.05, 0) is 25.0 Å². The smallest absolute Gasteiger partial charge is 0.289 e. The molecule has 1 amide bonds. The Bertz CT molecular complexity index is 631. The van der Waals surface area contributed by atoms with Crippen LogP contribution in [0, 0.1) is 0 Å². The van der Waals surface area contributed by atoms with E-state index in [-0.39, 0.29) is 11.8 Å². The lowest BCUT2D eigenvalue weighted by molar-refractivity contribution is 0.0669. The predicted octanol–water partition coefficient (Wildman–Crippen LogP) is 1.99. The lowest BCUT2D eigenvalue weighted by Gasteiger charge is -2.31. The first kappa shape index (κ1) is 13.9. The maximum Gasteiger partial charge on any atom is 0.289 e. The van der Waals surface area contributed by atoms with Crippen molar-refractivity contribution in [3.05, 3.63) is 35.8 Å². The Kier molecular flexibility index (Phi) is 3.77. The molecule has 0 aliphatic carbocycles. The van der Waals surface area contributed by atoms with E-state index in [9.17, 15) is 4.79 Å². The average molecular weight is 288 g/mol. The summed E-state index contributed by atoms with van der Waals surface area (Å²) in [5.74, 6) is 2.45. The van der Waals surface area contributed by atoms with E-state index in [1.807, 2.05) is 29.5 Å². The Balaban J connectivity index is 1.73. The predicted molar refractivity (Wildman–Crippen MR) is 77.0 cm³/mol. The molecule has 112 valence electrons. The molecule has 1 saturated heterocycles. The molecule has 6 nitrogen and oxygen atoms in total. The quantitative estimate of drug-likeness (QED) is 0.866. The van der Waals surface area contributed by atoms with Crippen molar-refractivity contribution in [2.75, 3.05) is 13.1 Å². The highest BCUT2D eigenvalue weighted by atomic mass is 16.4. The second kappa shape index (κ2) is 5.71. The van der Waals surface area contributed by atoms with Crippen LogP contribution >= 0.6 is 0 Å². The maximum atomic E-state index is 12.5. The molecule has 2 aromatic rings. The summed E-state index contributed by atoms with van der Waals surface area (Å²) in [6.07, 6.45) is 4.52. The largest absolute Gasteiger partial charge is 0.456 e. The minimum atomic E-state index is -0.0263. The Morgan fingerprint density at radius 2 is 2.33 bits per heavy atom. The number of carbonyl (C=O) groups excluding carboxylic acids is 1. The van der Waals surface area contributed by atoms with E-state index >= 15 is 0 Å². The topological polar surface area (TPSA) is 64.2 Å². The second-order valence-electron chi connectivity index (χ2n) is 5.51. The molecule has 0 spiro atoms. The number of carbonyl (C=O) groups is 1. The number of furan rings is 1. The third-order valence-electron chi connectivity index (χ3n) is 4.04. The van der Waals surface area contributed by atoms with Gasteiger partial charge in [0, 0.05) is 32.5 Å². The Morgan fingerprint density at radius 3 is 3.00 bits per heavy atom. The highest BCUT2D eigenvalue weighted by Crippen LogP contribution is 2.26. The minimum Gasteiger partial charge on any atom is -0.456 e. The van der Waals surface area contributed by atoms with Crippen LogP contribution in [0.3, 0.4) is 0 Å². The molecule has 0 bridgehead atoms. The van der Waals surface area contributed by atoms with Gasteiger partial charge < -0.3 is 13.9 Å². The third kappa shape index (κ3) is 2.70. The third-order valence-corrected chi connectivity index (χ3v) is 4.04. The number of aromatic nitrogens is 3. The zero-order chi connectivity index (χ0) is 14.8. The molecule has 0 saturated carbocycles. The van der Waals surface area contributed by atoms with Crippen molar-refractivity contribution in [2.45, 2.75) is 32.1 Å². The summed E-state index contributed by atoms with van der Waals surface area (Å²) in [6.45, 7) is 3.46. The highest BCUT2D eigenvalue weighted by molar-refractivity contribution is 5.91. The Labute approximate surface area is 123 Å². The molecule has 1 fully saturated rings. The molecule has 1 aliphatic heterocycles. The fourth-order valence-electron chi connectivity index (χ4n) is 2.87. The molecule has 0 aromatic carbocycles. The van der Waals surface area contributed by atoms with Crippen LogP contribution in [0.1, 0.15) is 47.8 Å². The van der Waals surface area contributed by atoms with Crippen molar-refractivity contribution in [1.29, 1.82) is 0 Å². The molecule has 1 atom stereocenters. The van der Waals surface area contributed by atoms with Crippen molar-refractivity contribution in [2.24, 2.45) is 7.05 Å². The molecule has 3 rings (SSSR count). The van der Waals surface area contributed by atoms with Gasteiger partial charge in [0.25, 0.3) is 5.91 Å². The number of hydrogen-bond acceptors (Lipinski definition) is 4. The molecular formula is C15H20N4O2. The summed E-state index contributed by atoms with van der Waals surface area (Å²) < 4.78 is 7.50. The fourth-order valence-corrected chi connectivity index (χ4v) is 2.87. The molecule has 3 heterocycles. The summed E-state index contributed by atoms with van der Waals surface area (Å²) in [5, 5.41) is 8.11. The van der Waals surface area contributed by atoms with E-state index in [0.717, 1.165) is 37.4 Å². The normalized spacial score (nSPS) is 19.0. The summed E-state index contributed by atoms with van der Waals surface area (Å²) in [6, 6.07) is 3.64. The first-order valence-electron chi connectivity index (χ1n) is 7.41. The SMILES string of the molecule is CCc1ccc(C(=O)N2CCC[C@@H](c3nncn3C)C2)o1.